The van der Waals surface area contributed by atoms with Crippen LogP contribution in [0.1, 0.15) is 15.9 Å². The molecule has 0 radical (unpaired) electrons. The van der Waals surface area contributed by atoms with Gasteiger partial charge in [0.1, 0.15) is 5.75 Å². The highest BCUT2D eigenvalue weighted by Crippen LogP contribution is 2.38. The van der Waals surface area contributed by atoms with Gasteiger partial charge in [0.15, 0.2) is 23.2 Å². The summed E-state index contributed by atoms with van der Waals surface area (Å²) in [5.74, 6) is 0.529. The molecular formula is C20H22BrN3O6S. The predicted octanol–water partition coefficient (Wildman–Crippen LogP) is 2.50. The van der Waals surface area contributed by atoms with Crippen molar-refractivity contribution in [3.63, 3.8) is 0 Å². The van der Waals surface area contributed by atoms with Crippen LogP contribution < -0.4 is 35.1 Å². The molecular weight excluding hydrogens is 490 g/mol. The van der Waals surface area contributed by atoms with Crippen LogP contribution in [0.3, 0.4) is 0 Å². The van der Waals surface area contributed by atoms with Crippen LogP contribution in [0.15, 0.2) is 34.8 Å². The monoisotopic (exact) mass is 511 g/mol. The summed E-state index contributed by atoms with van der Waals surface area (Å²) in [6.07, 6.45) is 0. The maximum absolute atomic E-state index is 12.5. The smallest absolute Gasteiger partial charge is 0.276 e. The molecule has 0 aliphatic heterocycles. The number of carbonyl (C=O) groups is 2. The van der Waals surface area contributed by atoms with E-state index in [0.29, 0.717) is 23.0 Å². The highest BCUT2D eigenvalue weighted by atomic mass is 79.9. The Morgan fingerprint density at radius 1 is 1.00 bits per heavy atom. The van der Waals surface area contributed by atoms with Crippen LogP contribution in [0.25, 0.3) is 0 Å². The van der Waals surface area contributed by atoms with Crippen molar-refractivity contribution in [2.24, 2.45) is 0 Å². The van der Waals surface area contributed by atoms with Gasteiger partial charge in [-0.3, -0.25) is 25.8 Å². The van der Waals surface area contributed by atoms with Gasteiger partial charge in [0.25, 0.3) is 11.8 Å². The lowest BCUT2D eigenvalue weighted by molar-refractivity contribution is -0.123. The number of carbonyl (C=O) groups excluding carboxylic acids is 2. The van der Waals surface area contributed by atoms with E-state index in [0.717, 1.165) is 10.0 Å². The van der Waals surface area contributed by atoms with Gasteiger partial charge in [0.05, 0.1) is 21.3 Å². The number of halogens is 1. The van der Waals surface area contributed by atoms with E-state index in [9.17, 15) is 9.59 Å². The average molecular weight is 512 g/mol. The van der Waals surface area contributed by atoms with E-state index < -0.39 is 11.8 Å². The van der Waals surface area contributed by atoms with E-state index in [1.54, 1.807) is 12.1 Å². The molecule has 0 spiro atoms. The van der Waals surface area contributed by atoms with Crippen LogP contribution in [0.2, 0.25) is 0 Å². The molecule has 0 aliphatic rings. The molecule has 0 fully saturated rings. The van der Waals surface area contributed by atoms with Crippen LogP contribution in [0.5, 0.6) is 23.0 Å². The molecule has 166 valence electrons. The van der Waals surface area contributed by atoms with Gasteiger partial charge in [0, 0.05) is 10.0 Å². The fourth-order valence-corrected chi connectivity index (χ4v) is 2.83. The minimum Gasteiger partial charge on any atom is -0.493 e. The normalized spacial score (nSPS) is 9.97. The summed E-state index contributed by atoms with van der Waals surface area (Å²) in [4.78, 5) is 24.4. The zero-order valence-electron chi connectivity index (χ0n) is 17.3. The number of amides is 2. The third kappa shape index (κ3) is 6.72. The first-order valence-electron chi connectivity index (χ1n) is 8.88. The third-order valence-electron chi connectivity index (χ3n) is 3.97. The summed E-state index contributed by atoms with van der Waals surface area (Å²) in [6, 6.07) is 8.32. The van der Waals surface area contributed by atoms with Crippen LogP contribution in [-0.4, -0.2) is 44.9 Å². The third-order valence-corrected chi connectivity index (χ3v) is 5.06. The topological polar surface area (TPSA) is 107 Å². The van der Waals surface area contributed by atoms with Crippen LogP contribution in [0, 0.1) is 6.92 Å². The molecule has 0 atom stereocenters. The molecule has 9 nitrogen and oxygen atoms in total. The Morgan fingerprint density at radius 3 is 2.19 bits per heavy atom. The van der Waals surface area contributed by atoms with E-state index in [1.165, 1.54) is 33.5 Å². The molecule has 2 amide bonds. The van der Waals surface area contributed by atoms with Crippen molar-refractivity contribution in [1.82, 2.24) is 16.2 Å². The maximum Gasteiger partial charge on any atom is 0.276 e. The molecule has 0 unspecified atom stereocenters. The largest absolute Gasteiger partial charge is 0.493 e. The van der Waals surface area contributed by atoms with Crippen molar-refractivity contribution in [1.29, 1.82) is 0 Å². The van der Waals surface area contributed by atoms with Crippen LogP contribution >= 0.6 is 28.1 Å². The lowest BCUT2D eigenvalue weighted by atomic mass is 10.1. The number of hydrogen-bond donors (Lipinski definition) is 3. The van der Waals surface area contributed by atoms with E-state index in [-0.39, 0.29) is 17.3 Å². The fraction of sp³-hybridized carbons (Fsp3) is 0.250. The van der Waals surface area contributed by atoms with Crippen LogP contribution in [0.4, 0.5) is 0 Å². The van der Waals surface area contributed by atoms with Gasteiger partial charge in [-0.05, 0) is 55.0 Å². The van der Waals surface area contributed by atoms with Gasteiger partial charge >= 0.3 is 0 Å². The minimum atomic E-state index is -0.535. The van der Waals surface area contributed by atoms with Gasteiger partial charge < -0.3 is 18.9 Å². The van der Waals surface area contributed by atoms with Gasteiger partial charge in [-0.1, -0.05) is 15.9 Å². The van der Waals surface area contributed by atoms with E-state index in [4.69, 9.17) is 31.2 Å². The number of benzene rings is 2. The number of methoxy groups -OCH3 is 3. The SMILES string of the molecule is COc1cc(C(=O)NC(=S)NNC(=O)COc2ccc(Br)c(C)c2)cc(OC)c1OC. The minimum absolute atomic E-state index is 0.105. The average Bonchev–Trinajstić information content (AvgIpc) is 2.77. The zero-order chi connectivity index (χ0) is 23.0. The summed E-state index contributed by atoms with van der Waals surface area (Å²) < 4.78 is 22.0. The first kappa shape index (κ1) is 24.2. The Labute approximate surface area is 193 Å². The quantitative estimate of drug-likeness (QED) is 0.384. The number of hydrogen-bond acceptors (Lipinski definition) is 7. The summed E-state index contributed by atoms with van der Waals surface area (Å²) in [5, 5.41) is 2.34. The molecule has 2 aromatic rings. The van der Waals surface area contributed by atoms with Gasteiger partial charge in [-0.25, -0.2) is 0 Å². The number of ether oxygens (including phenoxy) is 4. The van der Waals surface area contributed by atoms with Gasteiger partial charge in [0.2, 0.25) is 5.75 Å². The number of aryl methyl sites for hydroxylation is 1. The molecule has 0 aromatic heterocycles. The summed E-state index contributed by atoms with van der Waals surface area (Å²) in [6.45, 7) is 1.67. The van der Waals surface area contributed by atoms with E-state index in [2.05, 4.69) is 32.1 Å². The van der Waals surface area contributed by atoms with Crippen molar-refractivity contribution < 1.29 is 28.5 Å². The molecule has 31 heavy (non-hydrogen) atoms. The molecule has 0 saturated heterocycles. The highest BCUT2D eigenvalue weighted by molar-refractivity contribution is 9.10. The summed E-state index contributed by atoms with van der Waals surface area (Å²) >= 11 is 8.43. The molecule has 0 heterocycles. The molecule has 11 heteroatoms. The summed E-state index contributed by atoms with van der Waals surface area (Å²) in [7, 11) is 4.35. The van der Waals surface area contributed by atoms with Gasteiger partial charge in [-0.15, -0.1) is 0 Å². The van der Waals surface area contributed by atoms with Crippen LogP contribution in [-0.2, 0) is 4.79 Å². The Bertz CT molecular complexity index is 960. The molecule has 2 aromatic carbocycles. The Kier molecular flexibility index (Phi) is 8.88. The second-order valence-electron chi connectivity index (χ2n) is 6.07. The lowest BCUT2D eigenvalue weighted by Gasteiger charge is -2.15. The second kappa shape index (κ2) is 11.4. The number of thiocarbonyl (C=S) groups is 1. The van der Waals surface area contributed by atoms with Crippen molar-refractivity contribution in [2.75, 3.05) is 27.9 Å². The first-order chi connectivity index (χ1) is 14.8. The molecule has 0 aliphatic carbocycles. The Hall–Kier alpha value is -3.05. The highest BCUT2D eigenvalue weighted by Gasteiger charge is 2.17. The lowest BCUT2D eigenvalue weighted by Crippen LogP contribution is -2.49. The molecule has 0 bridgehead atoms. The predicted molar refractivity (Wildman–Crippen MR) is 122 cm³/mol. The number of hydrazine groups is 1. The standard InChI is InChI=1S/C20H22BrN3O6S/c1-11-7-13(5-6-14(11)21)30-10-17(25)23-24-20(31)22-19(26)12-8-15(27-2)18(29-4)16(9-12)28-3/h5-9H,10H2,1-4H3,(H,23,25)(H2,22,24,26,31). The number of rotatable bonds is 7. The zero-order valence-corrected chi connectivity index (χ0v) is 19.7. The Morgan fingerprint density at radius 2 is 1.65 bits per heavy atom. The Balaban J connectivity index is 1.88. The number of nitrogens with one attached hydrogen (secondary N) is 3. The van der Waals surface area contributed by atoms with E-state index >= 15 is 0 Å². The maximum atomic E-state index is 12.5. The fourth-order valence-electron chi connectivity index (χ4n) is 2.44. The summed E-state index contributed by atoms with van der Waals surface area (Å²) in [5.41, 5.74) is 5.99. The van der Waals surface area contributed by atoms with Crippen molar-refractivity contribution in [3.8, 4) is 23.0 Å². The molecule has 0 saturated carbocycles. The second-order valence-corrected chi connectivity index (χ2v) is 7.33. The first-order valence-corrected chi connectivity index (χ1v) is 10.1. The van der Waals surface area contributed by atoms with Crippen molar-refractivity contribution >= 4 is 45.1 Å². The van der Waals surface area contributed by atoms with Crippen molar-refractivity contribution in [3.05, 3.63) is 45.9 Å². The molecule has 2 rings (SSSR count). The van der Waals surface area contributed by atoms with Crippen molar-refractivity contribution in [2.45, 2.75) is 6.92 Å². The van der Waals surface area contributed by atoms with E-state index in [1.807, 2.05) is 13.0 Å². The molecule has 3 N–H and O–H groups in total. The van der Waals surface area contributed by atoms with Gasteiger partial charge in [-0.2, -0.15) is 0 Å².